The summed E-state index contributed by atoms with van der Waals surface area (Å²) in [5.41, 5.74) is 1.84. The maximum atomic E-state index is 13.2. The lowest BCUT2D eigenvalue weighted by molar-refractivity contribution is 0.298. The number of benzene rings is 1. The van der Waals surface area contributed by atoms with Crippen molar-refractivity contribution in [2.24, 2.45) is 4.99 Å². The lowest BCUT2D eigenvalue weighted by Crippen LogP contribution is -2.41. The molecule has 2 N–H and O–H groups in total. The molecule has 0 saturated heterocycles. The minimum absolute atomic E-state index is 0. The fourth-order valence-corrected chi connectivity index (χ4v) is 2.87. The number of hydrogen-bond donors (Lipinski definition) is 2. The van der Waals surface area contributed by atoms with Gasteiger partial charge in [0.1, 0.15) is 5.82 Å². The van der Waals surface area contributed by atoms with Crippen molar-refractivity contribution in [3.8, 4) is 0 Å². The maximum Gasteiger partial charge on any atom is 0.191 e. The van der Waals surface area contributed by atoms with Crippen LogP contribution in [-0.2, 0) is 6.54 Å². The molecule has 0 aliphatic carbocycles. The van der Waals surface area contributed by atoms with Crippen LogP contribution in [0.3, 0.4) is 0 Å². The van der Waals surface area contributed by atoms with E-state index in [-0.39, 0.29) is 35.8 Å². The van der Waals surface area contributed by atoms with Crippen LogP contribution in [0.1, 0.15) is 17.4 Å². The van der Waals surface area contributed by atoms with Crippen molar-refractivity contribution in [1.29, 1.82) is 0 Å². The molecule has 28 heavy (non-hydrogen) atoms. The summed E-state index contributed by atoms with van der Waals surface area (Å²) < 4.78 is 15.1. The Hall–Kier alpha value is -2.27. The summed E-state index contributed by atoms with van der Waals surface area (Å²) >= 11 is 0. The summed E-state index contributed by atoms with van der Waals surface area (Å²) in [6.07, 6.45) is 1.93. The maximum absolute atomic E-state index is 13.2. The molecule has 2 heterocycles. The number of pyridine rings is 1. The van der Waals surface area contributed by atoms with E-state index in [0.29, 0.717) is 19.0 Å². The van der Waals surface area contributed by atoms with E-state index in [9.17, 15) is 4.39 Å². The highest BCUT2D eigenvalue weighted by Gasteiger charge is 2.15. The number of hydrogen-bond acceptors (Lipinski definition) is 4. The van der Waals surface area contributed by atoms with Crippen molar-refractivity contribution in [3.63, 3.8) is 0 Å². The number of aromatic nitrogens is 3. The molecule has 3 rings (SSSR count). The normalized spacial score (nSPS) is 12.7. The Balaban J connectivity index is 0.00000280. The molecule has 1 atom stereocenters. The molecule has 0 fully saturated rings. The second-order valence-electron chi connectivity index (χ2n) is 6.38. The fourth-order valence-electron chi connectivity index (χ4n) is 2.87. The van der Waals surface area contributed by atoms with E-state index in [1.807, 2.05) is 42.9 Å². The third kappa shape index (κ3) is 5.38. The third-order valence-corrected chi connectivity index (χ3v) is 4.36. The summed E-state index contributed by atoms with van der Waals surface area (Å²) in [6, 6.07) is 12.4. The highest BCUT2D eigenvalue weighted by molar-refractivity contribution is 14.0. The Morgan fingerprint density at radius 1 is 1.14 bits per heavy atom. The molecule has 0 saturated carbocycles. The smallest absolute Gasteiger partial charge is 0.191 e. The Kier molecular flexibility index (Phi) is 8.12. The average Bonchev–Trinajstić information content (AvgIpc) is 3.09. The Morgan fingerprint density at radius 2 is 1.89 bits per heavy atom. The first-order valence-corrected chi connectivity index (χ1v) is 8.73. The van der Waals surface area contributed by atoms with E-state index in [1.165, 1.54) is 12.1 Å². The van der Waals surface area contributed by atoms with Gasteiger partial charge in [-0.05, 0) is 43.9 Å². The molecule has 0 bridgehead atoms. The molecule has 0 spiro atoms. The van der Waals surface area contributed by atoms with E-state index >= 15 is 0 Å². The van der Waals surface area contributed by atoms with E-state index < -0.39 is 0 Å². The minimum atomic E-state index is -0.234. The zero-order chi connectivity index (χ0) is 19.2. The first-order valence-electron chi connectivity index (χ1n) is 8.73. The molecule has 0 radical (unpaired) electrons. The van der Waals surface area contributed by atoms with Crippen LogP contribution in [0.15, 0.2) is 53.7 Å². The van der Waals surface area contributed by atoms with Gasteiger partial charge in [-0.3, -0.25) is 9.39 Å². The summed E-state index contributed by atoms with van der Waals surface area (Å²) in [6.45, 7) is 1.12. The number of guanidine groups is 1. The SMILES string of the molecule is CN=C(NCc1nnc2ccccn12)NCC(c1ccc(F)cc1)N(C)C.I. The number of aliphatic imine (C=N–C) groups is 1. The Bertz CT molecular complexity index is 908. The molecule has 1 unspecified atom stereocenters. The average molecular weight is 497 g/mol. The predicted molar refractivity (Wildman–Crippen MR) is 119 cm³/mol. The summed E-state index contributed by atoms with van der Waals surface area (Å²) in [5.74, 6) is 1.23. The molecule has 150 valence electrons. The first-order chi connectivity index (χ1) is 13.1. The number of rotatable bonds is 6. The highest BCUT2D eigenvalue weighted by atomic mass is 127. The van der Waals surface area contributed by atoms with Crippen LogP contribution < -0.4 is 10.6 Å². The molecule has 0 aliphatic heterocycles. The molecule has 1 aromatic carbocycles. The van der Waals surface area contributed by atoms with Gasteiger partial charge in [-0.1, -0.05) is 18.2 Å². The number of fused-ring (bicyclic) bond motifs is 1. The van der Waals surface area contributed by atoms with Crippen molar-refractivity contribution >= 4 is 35.6 Å². The number of nitrogens with one attached hydrogen (secondary N) is 2. The van der Waals surface area contributed by atoms with Crippen LogP contribution in [-0.4, -0.2) is 53.1 Å². The Labute approximate surface area is 181 Å². The molecule has 0 amide bonds. The van der Waals surface area contributed by atoms with Crippen LogP contribution in [0.4, 0.5) is 4.39 Å². The topological polar surface area (TPSA) is 69.8 Å². The van der Waals surface area contributed by atoms with Gasteiger partial charge in [0, 0.05) is 19.8 Å². The predicted octanol–water partition coefficient (Wildman–Crippen LogP) is 2.45. The molecule has 3 aromatic rings. The van der Waals surface area contributed by atoms with Crippen LogP contribution in [0.25, 0.3) is 5.65 Å². The molecular formula is C19H25FIN7. The van der Waals surface area contributed by atoms with Crippen molar-refractivity contribution in [2.75, 3.05) is 27.7 Å². The lowest BCUT2D eigenvalue weighted by atomic mass is 10.1. The van der Waals surface area contributed by atoms with Crippen LogP contribution in [0.5, 0.6) is 0 Å². The zero-order valence-electron chi connectivity index (χ0n) is 16.1. The van der Waals surface area contributed by atoms with Crippen LogP contribution >= 0.6 is 24.0 Å². The molecule has 2 aromatic heterocycles. The number of nitrogens with zero attached hydrogens (tertiary/aromatic N) is 5. The van der Waals surface area contributed by atoms with Crippen molar-refractivity contribution in [2.45, 2.75) is 12.6 Å². The van der Waals surface area contributed by atoms with Gasteiger partial charge in [-0.15, -0.1) is 34.2 Å². The number of halogens is 2. The van der Waals surface area contributed by atoms with Crippen LogP contribution in [0.2, 0.25) is 0 Å². The summed E-state index contributed by atoms with van der Waals surface area (Å²) in [5, 5.41) is 14.9. The highest BCUT2D eigenvalue weighted by Crippen LogP contribution is 2.17. The van der Waals surface area contributed by atoms with Crippen LogP contribution in [0, 0.1) is 5.82 Å². The molecule has 7 nitrogen and oxygen atoms in total. The van der Waals surface area contributed by atoms with Gasteiger partial charge in [0.25, 0.3) is 0 Å². The van der Waals surface area contributed by atoms with E-state index in [4.69, 9.17) is 0 Å². The van der Waals surface area contributed by atoms with Crippen molar-refractivity contribution in [3.05, 3.63) is 65.9 Å². The first kappa shape index (κ1) is 22.0. The van der Waals surface area contributed by atoms with Gasteiger partial charge in [0.15, 0.2) is 17.4 Å². The fraction of sp³-hybridized carbons (Fsp3) is 0.316. The van der Waals surface area contributed by atoms with E-state index in [1.54, 1.807) is 19.2 Å². The summed E-state index contributed by atoms with van der Waals surface area (Å²) in [7, 11) is 5.71. The van der Waals surface area contributed by atoms with Crippen molar-refractivity contribution in [1.82, 2.24) is 30.1 Å². The van der Waals surface area contributed by atoms with Gasteiger partial charge >= 0.3 is 0 Å². The number of likely N-dealkylation sites (N-methyl/N-ethyl adjacent to an activating group) is 1. The van der Waals surface area contributed by atoms with Crippen molar-refractivity contribution < 1.29 is 4.39 Å². The van der Waals surface area contributed by atoms with Gasteiger partial charge in [-0.25, -0.2) is 4.39 Å². The van der Waals surface area contributed by atoms with E-state index in [2.05, 4.69) is 30.7 Å². The molecule has 9 heteroatoms. The van der Waals surface area contributed by atoms with Gasteiger partial charge in [0.2, 0.25) is 0 Å². The van der Waals surface area contributed by atoms with E-state index in [0.717, 1.165) is 17.0 Å². The van der Waals surface area contributed by atoms with Gasteiger partial charge in [-0.2, -0.15) is 0 Å². The summed E-state index contributed by atoms with van der Waals surface area (Å²) in [4.78, 5) is 6.35. The monoisotopic (exact) mass is 497 g/mol. The second-order valence-corrected chi connectivity index (χ2v) is 6.38. The second kappa shape index (κ2) is 10.3. The lowest BCUT2D eigenvalue weighted by Gasteiger charge is -2.26. The van der Waals surface area contributed by atoms with Gasteiger partial charge < -0.3 is 15.5 Å². The Morgan fingerprint density at radius 3 is 2.57 bits per heavy atom. The zero-order valence-corrected chi connectivity index (χ0v) is 18.5. The van der Waals surface area contributed by atoms with Gasteiger partial charge in [0.05, 0.1) is 12.6 Å². The molecule has 0 aliphatic rings. The third-order valence-electron chi connectivity index (χ3n) is 4.36. The standard InChI is InChI=1S/C19H24FN7.HI/c1-21-19(23-13-18-25-24-17-6-4-5-11-27(17)18)22-12-16(26(2)3)14-7-9-15(20)10-8-14;/h4-11,16H,12-13H2,1-3H3,(H2,21,22,23);1H. The quantitative estimate of drug-likeness (QED) is 0.311. The molecular weight excluding hydrogens is 472 g/mol. The minimum Gasteiger partial charge on any atom is -0.354 e. The largest absolute Gasteiger partial charge is 0.354 e.